The fraction of sp³-hybridized carbons (Fsp3) is 0.417. The zero-order chi connectivity index (χ0) is 15.3. The van der Waals surface area contributed by atoms with Crippen LogP contribution in [-0.4, -0.2) is 38.9 Å². The van der Waals surface area contributed by atoms with E-state index in [0.717, 1.165) is 4.31 Å². The summed E-state index contributed by atoms with van der Waals surface area (Å²) in [5, 5.41) is 0.0491. The van der Waals surface area contributed by atoms with Crippen LogP contribution >= 0.6 is 11.6 Å². The molecule has 0 amide bonds. The number of nitrogens with two attached hydrogens (primary N) is 1. The molecule has 0 fully saturated rings. The minimum absolute atomic E-state index is 0.00811. The molecule has 112 valence electrons. The van der Waals surface area contributed by atoms with Gasteiger partial charge in [-0.25, -0.2) is 12.7 Å². The maximum atomic E-state index is 12.4. The van der Waals surface area contributed by atoms with E-state index < -0.39 is 16.0 Å². The number of carbonyl (C=O) groups excluding carboxylic acids is 1. The van der Waals surface area contributed by atoms with Gasteiger partial charge in [-0.3, -0.25) is 4.79 Å². The summed E-state index contributed by atoms with van der Waals surface area (Å²) in [5.41, 5.74) is 5.74. The van der Waals surface area contributed by atoms with Crippen molar-refractivity contribution in [1.29, 1.82) is 0 Å². The van der Waals surface area contributed by atoms with E-state index in [9.17, 15) is 13.2 Å². The second kappa shape index (κ2) is 6.92. The molecule has 1 aromatic rings. The van der Waals surface area contributed by atoms with Crippen LogP contribution in [0.5, 0.6) is 0 Å². The summed E-state index contributed by atoms with van der Waals surface area (Å²) in [5.74, 6) is -0.457. The van der Waals surface area contributed by atoms with Crippen LogP contribution in [0.4, 0.5) is 5.69 Å². The van der Waals surface area contributed by atoms with Crippen LogP contribution in [0.1, 0.15) is 13.3 Å². The number of benzene rings is 1. The first-order valence-electron chi connectivity index (χ1n) is 5.96. The Morgan fingerprint density at radius 1 is 1.45 bits per heavy atom. The van der Waals surface area contributed by atoms with Gasteiger partial charge in [0.25, 0.3) is 0 Å². The number of esters is 1. The van der Waals surface area contributed by atoms with Crippen molar-refractivity contribution in [3.8, 4) is 0 Å². The number of anilines is 1. The Morgan fingerprint density at radius 2 is 2.10 bits per heavy atom. The lowest BCUT2D eigenvalue weighted by atomic mass is 10.3. The third-order valence-electron chi connectivity index (χ3n) is 2.60. The summed E-state index contributed by atoms with van der Waals surface area (Å²) >= 11 is 5.89. The van der Waals surface area contributed by atoms with Gasteiger partial charge in [0.15, 0.2) is 0 Å². The van der Waals surface area contributed by atoms with Crippen LogP contribution in [-0.2, 0) is 19.6 Å². The predicted molar refractivity (Wildman–Crippen MR) is 76.9 cm³/mol. The fourth-order valence-electron chi connectivity index (χ4n) is 1.56. The second-order valence-corrected chi connectivity index (χ2v) is 6.43. The van der Waals surface area contributed by atoms with Crippen molar-refractivity contribution >= 4 is 33.3 Å². The molecule has 6 nitrogen and oxygen atoms in total. The molecule has 0 aromatic heterocycles. The molecule has 0 saturated carbocycles. The van der Waals surface area contributed by atoms with Crippen LogP contribution < -0.4 is 5.73 Å². The molecule has 0 aliphatic carbocycles. The highest BCUT2D eigenvalue weighted by atomic mass is 35.5. The molecule has 8 heteroatoms. The molecule has 0 saturated heterocycles. The fourth-order valence-corrected chi connectivity index (χ4v) is 3.35. The SMILES string of the molecule is CCOC(=O)CCN(C)S(=O)(=O)c1c(N)cccc1Cl. The molecule has 20 heavy (non-hydrogen) atoms. The van der Waals surface area contributed by atoms with Crippen molar-refractivity contribution in [1.82, 2.24) is 4.31 Å². The largest absolute Gasteiger partial charge is 0.466 e. The zero-order valence-electron chi connectivity index (χ0n) is 11.3. The Balaban J connectivity index is 2.91. The highest BCUT2D eigenvalue weighted by Gasteiger charge is 2.26. The highest BCUT2D eigenvalue weighted by Crippen LogP contribution is 2.29. The second-order valence-electron chi connectivity index (χ2n) is 4.04. The van der Waals surface area contributed by atoms with Gasteiger partial charge in [-0.1, -0.05) is 17.7 Å². The Hall–Kier alpha value is -1.31. The molecule has 0 atom stereocenters. The van der Waals surface area contributed by atoms with Gasteiger partial charge in [0, 0.05) is 13.6 Å². The van der Waals surface area contributed by atoms with E-state index >= 15 is 0 Å². The maximum Gasteiger partial charge on any atom is 0.307 e. The molecule has 0 aliphatic heterocycles. The van der Waals surface area contributed by atoms with Crippen LogP contribution in [0.25, 0.3) is 0 Å². The van der Waals surface area contributed by atoms with E-state index in [1.165, 1.54) is 19.2 Å². The van der Waals surface area contributed by atoms with Gasteiger partial charge in [0.05, 0.1) is 23.7 Å². The van der Waals surface area contributed by atoms with Gasteiger partial charge < -0.3 is 10.5 Å². The van der Waals surface area contributed by atoms with E-state index in [2.05, 4.69) is 0 Å². The number of sulfonamides is 1. The normalized spacial score (nSPS) is 11.6. The molecule has 0 heterocycles. The first-order chi connectivity index (χ1) is 9.30. The number of carbonyl (C=O) groups is 1. The molecule has 2 N–H and O–H groups in total. The lowest BCUT2D eigenvalue weighted by Gasteiger charge is -2.18. The number of hydrogen-bond acceptors (Lipinski definition) is 5. The van der Waals surface area contributed by atoms with Gasteiger partial charge in [0.2, 0.25) is 10.0 Å². The van der Waals surface area contributed by atoms with Crippen molar-refractivity contribution in [2.24, 2.45) is 0 Å². The topological polar surface area (TPSA) is 89.7 Å². The number of nitrogens with zero attached hydrogens (tertiary/aromatic N) is 1. The van der Waals surface area contributed by atoms with E-state index in [0.29, 0.717) is 0 Å². The smallest absolute Gasteiger partial charge is 0.307 e. The molecule has 0 aliphatic rings. The Morgan fingerprint density at radius 3 is 2.65 bits per heavy atom. The average Bonchev–Trinajstić information content (AvgIpc) is 2.35. The van der Waals surface area contributed by atoms with Crippen LogP contribution in [0.2, 0.25) is 5.02 Å². The quantitative estimate of drug-likeness (QED) is 0.633. The third kappa shape index (κ3) is 3.84. The first-order valence-corrected chi connectivity index (χ1v) is 7.78. The van der Waals surface area contributed by atoms with Gasteiger partial charge in [0.1, 0.15) is 4.90 Å². The van der Waals surface area contributed by atoms with Crippen LogP contribution in [0.3, 0.4) is 0 Å². The Kier molecular flexibility index (Phi) is 5.79. The van der Waals surface area contributed by atoms with Crippen molar-refractivity contribution in [3.63, 3.8) is 0 Å². The summed E-state index contributed by atoms with van der Waals surface area (Å²) in [7, 11) is -2.48. The minimum Gasteiger partial charge on any atom is -0.466 e. The van der Waals surface area contributed by atoms with E-state index in [1.54, 1.807) is 13.0 Å². The van der Waals surface area contributed by atoms with Gasteiger partial charge in [-0.2, -0.15) is 0 Å². The molecular weight excluding hydrogens is 304 g/mol. The highest BCUT2D eigenvalue weighted by molar-refractivity contribution is 7.89. The summed E-state index contributed by atoms with van der Waals surface area (Å²) < 4.78 is 30.5. The number of ether oxygens (including phenoxy) is 1. The standard InChI is InChI=1S/C12H17ClN2O4S/c1-3-19-11(16)7-8-15(2)20(17,18)12-9(13)5-4-6-10(12)14/h4-6H,3,7-8,14H2,1-2H3. The summed E-state index contributed by atoms with van der Waals surface area (Å²) in [4.78, 5) is 11.1. The lowest BCUT2D eigenvalue weighted by molar-refractivity contribution is -0.143. The molecule has 1 rings (SSSR count). The first kappa shape index (κ1) is 16.7. The van der Waals surface area contributed by atoms with Crippen molar-refractivity contribution < 1.29 is 17.9 Å². The molecule has 0 radical (unpaired) electrons. The molecule has 0 bridgehead atoms. The summed E-state index contributed by atoms with van der Waals surface area (Å²) in [6, 6.07) is 4.47. The summed E-state index contributed by atoms with van der Waals surface area (Å²) in [6.07, 6.45) is -0.0338. The maximum absolute atomic E-state index is 12.4. The Bertz CT molecular complexity index is 569. The van der Waals surface area contributed by atoms with Gasteiger partial charge in [-0.15, -0.1) is 0 Å². The number of hydrogen-bond donors (Lipinski definition) is 1. The van der Waals surface area contributed by atoms with Gasteiger partial charge >= 0.3 is 5.97 Å². The lowest BCUT2D eigenvalue weighted by Crippen LogP contribution is -2.30. The average molecular weight is 321 g/mol. The number of halogens is 1. The van der Waals surface area contributed by atoms with E-state index in [4.69, 9.17) is 22.1 Å². The predicted octanol–water partition coefficient (Wildman–Crippen LogP) is 1.50. The molecule has 1 aromatic carbocycles. The molecule has 0 spiro atoms. The van der Waals surface area contributed by atoms with E-state index in [1.807, 2.05) is 0 Å². The number of nitrogen functional groups attached to an aromatic ring is 1. The Labute approximate surface area is 123 Å². The van der Waals surface area contributed by atoms with E-state index in [-0.39, 0.29) is 35.2 Å². The van der Waals surface area contributed by atoms with Gasteiger partial charge in [-0.05, 0) is 19.1 Å². The van der Waals surface area contributed by atoms with Crippen molar-refractivity contribution in [3.05, 3.63) is 23.2 Å². The zero-order valence-corrected chi connectivity index (χ0v) is 12.9. The minimum atomic E-state index is -3.84. The monoisotopic (exact) mass is 320 g/mol. The third-order valence-corrected chi connectivity index (χ3v) is 5.00. The summed E-state index contributed by atoms with van der Waals surface area (Å²) in [6.45, 7) is 1.93. The molecular formula is C12H17ClN2O4S. The van der Waals surface area contributed by atoms with Crippen LogP contribution in [0, 0.1) is 0 Å². The van der Waals surface area contributed by atoms with Crippen molar-refractivity contribution in [2.45, 2.75) is 18.2 Å². The van der Waals surface area contributed by atoms with Crippen LogP contribution in [0.15, 0.2) is 23.1 Å². The van der Waals surface area contributed by atoms with Crippen molar-refractivity contribution in [2.75, 3.05) is 25.9 Å². The molecule has 0 unspecified atom stereocenters. The number of rotatable bonds is 6.